The van der Waals surface area contributed by atoms with Gasteiger partial charge in [0, 0.05) is 25.9 Å². The predicted molar refractivity (Wildman–Crippen MR) is 147 cm³/mol. The Kier molecular flexibility index (Phi) is 16.4. The molecule has 0 aliphatic carbocycles. The number of carbonyl (C=O) groups is 4. The summed E-state index contributed by atoms with van der Waals surface area (Å²) in [6.45, 7) is 15.7. The number of esters is 2. The van der Waals surface area contributed by atoms with Crippen molar-refractivity contribution in [1.29, 1.82) is 0 Å². The topological polar surface area (TPSA) is 111 Å². The second kappa shape index (κ2) is 17.4. The summed E-state index contributed by atoms with van der Waals surface area (Å²) in [6.07, 6.45) is 7.95. The van der Waals surface area contributed by atoms with E-state index in [-0.39, 0.29) is 37.5 Å². The largest absolute Gasteiger partial charge is 0.459 e. The molecular formula is C29H54N2O6. The van der Waals surface area contributed by atoms with Crippen LogP contribution in [-0.2, 0) is 28.7 Å². The molecule has 0 saturated heterocycles. The zero-order chi connectivity index (χ0) is 28.5. The summed E-state index contributed by atoms with van der Waals surface area (Å²) in [4.78, 5) is 52.2. The van der Waals surface area contributed by atoms with Crippen molar-refractivity contribution in [3.05, 3.63) is 0 Å². The molecule has 0 radical (unpaired) electrons. The first-order valence-electron chi connectivity index (χ1n) is 14.2. The summed E-state index contributed by atoms with van der Waals surface area (Å²) < 4.78 is 11.3. The summed E-state index contributed by atoms with van der Waals surface area (Å²) in [6, 6.07) is 0. The summed E-state index contributed by atoms with van der Waals surface area (Å²) in [5.41, 5.74) is -3.47. The smallest absolute Gasteiger partial charge is 0.324 e. The molecule has 0 fully saturated rings. The molecule has 37 heavy (non-hydrogen) atoms. The third-order valence-electron chi connectivity index (χ3n) is 5.84. The summed E-state index contributed by atoms with van der Waals surface area (Å²) >= 11 is 0. The number of hydrogen-bond donors (Lipinski definition) is 2. The average molecular weight is 527 g/mol. The lowest BCUT2D eigenvalue weighted by Crippen LogP contribution is -2.48. The molecule has 2 amide bonds. The van der Waals surface area contributed by atoms with E-state index in [9.17, 15) is 19.2 Å². The normalized spacial score (nSPS) is 12.1. The van der Waals surface area contributed by atoms with Gasteiger partial charge in [-0.1, -0.05) is 52.4 Å². The first-order chi connectivity index (χ1) is 17.2. The van der Waals surface area contributed by atoms with Gasteiger partial charge in [-0.3, -0.25) is 19.2 Å². The first kappa shape index (κ1) is 34.9. The molecule has 0 unspecified atom stereocenters. The standard InChI is InChI=1S/C29H54N2O6/c1-9-11-13-15-21-30-23(32)17-19-29(25(34)36-27(3,4)5,26(35)37-28(6,7)8)20-18-24(33)31-22-16-14-12-10-2/h9-22H2,1-8H3,(H,30,32)(H,31,33). The molecule has 0 heterocycles. The van der Waals surface area contributed by atoms with Crippen LogP contribution < -0.4 is 10.6 Å². The Morgan fingerprint density at radius 3 is 1.22 bits per heavy atom. The van der Waals surface area contributed by atoms with Gasteiger partial charge in [0.25, 0.3) is 0 Å². The fourth-order valence-electron chi connectivity index (χ4n) is 3.76. The van der Waals surface area contributed by atoms with Crippen LogP contribution in [0.1, 0.15) is 132 Å². The zero-order valence-electron chi connectivity index (χ0n) is 24.8. The van der Waals surface area contributed by atoms with Crippen molar-refractivity contribution in [2.75, 3.05) is 13.1 Å². The Morgan fingerprint density at radius 1 is 0.568 bits per heavy atom. The van der Waals surface area contributed by atoms with Gasteiger partial charge in [0.1, 0.15) is 11.2 Å². The lowest BCUT2D eigenvalue weighted by molar-refractivity contribution is -0.186. The highest BCUT2D eigenvalue weighted by atomic mass is 16.6. The lowest BCUT2D eigenvalue weighted by atomic mass is 9.78. The zero-order valence-corrected chi connectivity index (χ0v) is 24.8. The third-order valence-corrected chi connectivity index (χ3v) is 5.84. The van der Waals surface area contributed by atoms with E-state index in [0.29, 0.717) is 13.1 Å². The molecule has 0 aromatic carbocycles. The van der Waals surface area contributed by atoms with Gasteiger partial charge in [-0.25, -0.2) is 0 Å². The molecule has 0 rings (SSSR count). The Hall–Kier alpha value is -2.12. The number of rotatable bonds is 18. The lowest BCUT2D eigenvalue weighted by Gasteiger charge is -2.34. The molecule has 0 aliphatic heterocycles. The van der Waals surface area contributed by atoms with E-state index in [1.807, 2.05) is 0 Å². The monoisotopic (exact) mass is 526 g/mol. The average Bonchev–Trinajstić information content (AvgIpc) is 2.76. The van der Waals surface area contributed by atoms with E-state index in [4.69, 9.17) is 9.47 Å². The molecule has 0 spiro atoms. The molecule has 8 heteroatoms. The van der Waals surface area contributed by atoms with Crippen molar-refractivity contribution in [3.63, 3.8) is 0 Å². The van der Waals surface area contributed by atoms with E-state index in [0.717, 1.165) is 51.4 Å². The van der Waals surface area contributed by atoms with Gasteiger partial charge in [-0.2, -0.15) is 0 Å². The Bertz CT molecular complexity index is 646. The van der Waals surface area contributed by atoms with Crippen LogP contribution in [0, 0.1) is 5.41 Å². The highest BCUT2D eigenvalue weighted by molar-refractivity contribution is 6.01. The highest BCUT2D eigenvalue weighted by Gasteiger charge is 2.51. The molecule has 0 aromatic heterocycles. The highest BCUT2D eigenvalue weighted by Crippen LogP contribution is 2.36. The van der Waals surface area contributed by atoms with Gasteiger partial charge in [-0.15, -0.1) is 0 Å². The molecule has 0 saturated carbocycles. The van der Waals surface area contributed by atoms with Crippen LogP contribution in [0.5, 0.6) is 0 Å². The van der Waals surface area contributed by atoms with Crippen LogP contribution in [0.15, 0.2) is 0 Å². The van der Waals surface area contributed by atoms with Crippen LogP contribution in [0.25, 0.3) is 0 Å². The minimum Gasteiger partial charge on any atom is -0.459 e. The van der Waals surface area contributed by atoms with E-state index >= 15 is 0 Å². The molecule has 0 atom stereocenters. The quantitative estimate of drug-likeness (QED) is 0.136. The van der Waals surface area contributed by atoms with Crippen LogP contribution in [0.3, 0.4) is 0 Å². The van der Waals surface area contributed by atoms with Gasteiger partial charge in [0.2, 0.25) is 11.8 Å². The molecule has 0 aromatic rings. The minimum atomic E-state index is -1.76. The van der Waals surface area contributed by atoms with Crippen molar-refractivity contribution < 1.29 is 28.7 Å². The third kappa shape index (κ3) is 16.4. The molecular weight excluding hydrogens is 472 g/mol. The van der Waals surface area contributed by atoms with Crippen molar-refractivity contribution in [3.8, 4) is 0 Å². The van der Waals surface area contributed by atoms with Gasteiger partial charge in [0.05, 0.1) is 0 Å². The summed E-state index contributed by atoms with van der Waals surface area (Å²) in [5, 5.41) is 5.75. The van der Waals surface area contributed by atoms with Gasteiger partial charge in [-0.05, 0) is 67.2 Å². The molecule has 8 nitrogen and oxygen atoms in total. The van der Waals surface area contributed by atoms with Crippen molar-refractivity contribution in [1.82, 2.24) is 10.6 Å². The van der Waals surface area contributed by atoms with E-state index < -0.39 is 28.6 Å². The van der Waals surface area contributed by atoms with Crippen LogP contribution in [0.2, 0.25) is 0 Å². The van der Waals surface area contributed by atoms with E-state index in [1.54, 1.807) is 41.5 Å². The molecule has 0 bridgehead atoms. The summed E-state index contributed by atoms with van der Waals surface area (Å²) in [5.74, 6) is -2.01. The number of carbonyl (C=O) groups excluding carboxylic acids is 4. The number of amides is 2. The second-order valence-corrected chi connectivity index (χ2v) is 11.9. The fourth-order valence-corrected chi connectivity index (χ4v) is 3.76. The van der Waals surface area contributed by atoms with Gasteiger partial charge >= 0.3 is 11.9 Å². The van der Waals surface area contributed by atoms with E-state index in [1.165, 1.54) is 0 Å². The number of unbranched alkanes of at least 4 members (excludes halogenated alkanes) is 6. The first-order valence-corrected chi connectivity index (χ1v) is 14.2. The Morgan fingerprint density at radius 2 is 0.919 bits per heavy atom. The minimum absolute atomic E-state index is 0.0507. The second-order valence-electron chi connectivity index (χ2n) is 11.9. The van der Waals surface area contributed by atoms with Crippen LogP contribution in [-0.4, -0.2) is 48.0 Å². The Balaban J connectivity index is 5.66. The molecule has 2 N–H and O–H groups in total. The van der Waals surface area contributed by atoms with Crippen LogP contribution in [0.4, 0.5) is 0 Å². The predicted octanol–water partition coefficient (Wildman–Crippen LogP) is 5.61. The molecule has 216 valence electrons. The van der Waals surface area contributed by atoms with Crippen molar-refractivity contribution in [2.24, 2.45) is 5.41 Å². The van der Waals surface area contributed by atoms with Gasteiger partial charge in [0.15, 0.2) is 5.41 Å². The van der Waals surface area contributed by atoms with Crippen molar-refractivity contribution in [2.45, 2.75) is 144 Å². The number of hydrogen-bond acceptors (Lipinski definition) is 6. The maximum Gasteiger partial charge on any atom is 0.324 e. The summed E-state index contributed by atoms with van der Waals surface area (Å²) in [7, 11) is 0. The molecule has 0 aliphatic rings. The maximum absolute atomic E-state index is 13.5. The van der Waals surface area contributed by atoms with Crippen molar-refractivity contribution >= 4 is 23.8 Å². The number of nitrogens with one attached hydrogen (secondary N) is 2. The Labute approximate surface area is 225 Å². The fraction of sp³-hybridized carbons (Fsp3) is 0.862. The maximum atomic E-state index is 13.5. The SMILES string of the molecule is CCCCCCNC(=O)CCC(CCC(=O)NCCCCCC)(C(=O)OC(C)(C)C)C(=O)OC(C)(C)C. The van der Waals surface area contributed by atoms with Crippen LogP contribution >= 0.6 is 0 Å². The number of ether oxygens (including phenoxy) is 2. The van der Waals surface area contributed by atoms with Gasteiger partial charge < -0.3 is 20.1 Å². The van der Waals surface area contributed by atoms with E-state index in [2.05, 4.69) is 24.5 Å².